The summed E-state index contributed by atoms with van der Waals surface area (Å²) in [6.07, 6.45) is 25.6. The van der Waals surface area contributed by atoms with Crippen LogP contribution in [0.5, 0.6) is 0 Å². The molecule has 0 heterocycles. The molecule has 0 radical (unpaired) electrons. The van der Waals surface area contributed by atoms with Crippen LogP contribution in [0.3, 0.4) is 0 Å². The molecule has 0 N–H and O–H groups in total. The Morgan fingerprint density at radius 3 is 1.56 bits per heavy atom. The lowest BCUT2D eigenvalue weighted by Gasteiger charge is -2.17. The third kappa shape index (κ3) is 19.8. The Labute approximate surface area is 170 Å². The van der Waals surface area contributed by atoms with Crippen LogP contribution in [-0.2, 0) is 9.53 Å². The van der Waals surface area contributed by atoms with Crippen molar-refractivity contribution >= 4 is 5.97 Å². The van der Waals surface area contributed by atoms with Gasteiger partial charge in [0, 0.05) is 6.08 Å². The molecule has 0 rings (SSSR count). The van der Waals surface area contributed by atoms with E-state index >= 15 is 0 Å². The molecule has 0 aromatic heterocycles. The zero-order chi connectivity index (χ0) is 20.0. The van der Waals surface area contributed by atoms with E-state index in [0.717, 1.165) is 12.3 Å². The predicted molar refractivity (Wildman–Crippen MR) is 119 cm³/mol. The van der Waals surface area contributed by atoms with Gasteiger partial charge >= 0.3 is 5.97 Å². The lowest BCUT2D eigenvalue weighted by Crippen LogP contribution is -2.06. The van der Waals surface area contributed by atoms with E-state index < -0.39 is 0 Å². The largest absolute Gasteiger partial charge is 0.463 e. The Balaban J connectivity index is 3.87. The van der Waals surface area contributed by atoms with Gasteiger partial charge in [-0.3, -0.25) is 0 Å². The van der Waals surface area contributed by atoms with Crippen LogP contribution in [0, 0.1) is 5.92 Å². The zero-order valence-corrected chi connectivity index (χ0v) is 18.6. The van der Waals surface area contributed by atoms with Crippen LogP contribution in [0.25, 0.3) is 0 Å². The second kappa shape index (κ2) is 21.5. The maximum absolute atomic E-state index is 11.2. The lowest BCUT2D eigenvalue weighted by atomic mass is 9.90. The Hall–Kier alpha value is -0.790. The highest BCUT2D eigenvalue weighted by Gasteiger charge is 2.09. The summed E-state index contributed by atoms with van der Waals surface area (Å²) in [5, 5.41) is 0. The van der Waals surface area contributed by atoms with Crippen LogP contribution in [0.4, 0.5) is 0 Å². The first-order valence-electron chi connectivity index (χ1n) is 12.0. The number of carbonyl (C=O) groups is 1. The molecule has 2 nitrogen and oxygen atoms in total. The van der Waals surface area contributed by atoms with Gasteiger partial charge in [-0.15, -0.1) is 0 Å². The number of hydrogen-bond donors (Lipinski definition) is 0. The molecule has 0 saturated carbocycles. The highest BCUT2D eigenvalue weighted by molar-refractivity contribution is 5.81. The first-order valence-corrected chi connectivity index (χ1v) is 12.0. The third-order valence-electron chi connectivity index (χ3n) is 5.60. The van der Waals surface area contributed by atoms with Crippen molar-refractivity contribution in [1.29, 1.82) is 0 Å². The molecule has 0 unspecified atom stereocenters. The van der Waals surface area contributed by atoms with Gasteiger partial charge in [-0.25, -0.2) is 4.79 Å². The number of rotatable bonds is 21. The quantitative estimate of drug-likeness (QED) is 0.113. The van der Waals surface area contributed by atoms with Crippen molar-refractivity contribution in [3.05, 3.63) is 12.7 Å². The fraction of sp³-hybridized carbons (Fsp3) is 0.880. The molecule has 0 aliphatic rings. The molecule has 0 aromatic rings. The maximum atomic E-state index is 11.2. The topological polar surface area (TPSA) is 26.3 Å². The molecule has 0 bridgehead atoms. The minimum atomic E-state index is -0.286. The SMILES string of the molecule is C=CC(=O)OCCCC(CCCCCCCCC)CCCCCCCCC. The van der Waals surface area contributed by atoms with Gasteiger partial charge in [0.2, 0.25) is 0 Å². The van der Waals surface area contributed by atoms with Crippen LogP contribution in [-0.4, -0.2) is 12.6 Å². The number of carbonyl (C=O) groups excluding carboxylic acids is 1. The molecule has 27 heavy (non-hydrogen) atoms. The number of esters is 1. The Bertz CT molecular complexity index is 306. The van der Waals surface area contributed by atoms with E-state index in [4.69, 9.17) is 4.74 Å². The average Bonchev–Trinajstić information content (AvgIpc) is 2.68. The highest BCUT2D eigenvalue weighted by Crippen LogP contribution is 2.23. The second-order valence-electron chi connectivity index (χ2n) is 8.20. The summed E-state index contributed by atoms with van der Waals surface area (Å²) in [6.45, 7) is 8.56. The van der Waals surface area contributed by atoms with E-state index in [1.54, 1.807) is 0 Å². The molecular weight excluding hydrogens is 332 g/mol. The van der Waals surface area contributed by atoms with E-state index in [9.17, 15) is 4.79 Å². The standard InChI is InChI=1S/C25H48O2/c1-4-7-9-11-13-15-17-20-24(22-19-23-27-25(26)6-3)21-18-16-14-12-10-8-5-2/h6,24H,3-5,7-23H2,1-2H3. The Kier molecular flexibility index (Phi) is 20.9. The van der Waals surface area contributed by atoms with Crippen LogP contribution in [0.2, 0.25) is 0 Å². The van der Waals surface area contributed by atoms with Crippen molar-refractivity contribution in [3.8, 4) is 0 Å². The van der Waals surface area contributed by atoms with Crippen LogP contribution in [0.1, 0.15) is 129 Å². The van der Waals surface area contributed by atoms with Crippen LogP contribution >= 0.6 is 0 Å². The van der Waals surface area contributed by atoms with Gasteiger partial charge in [-0.1, -0.05) is 123 Å². The van der Waals surface area contributed by atoms with Gasteiger partial charge in [0.1, 0.15) is 0 Å². The highest BCUT2D eigenvalue weighted by atomic mass is 16.5. The van der Waals surface area contributed by atoms with E-state index in [-0.39, 0.29) is 5.97 Å². The van der Waals surface area contributed by atoms with Gasteiger partial charge < -0.3 is 4.74 Å². The fourth-order valence-corrected chi connectivity index (χ4v) is 3.82. The summed E-state index contributed by atoms with van der Waals surface area (Å²) >= 11 is 0. The first kappa shape index (κ1) is 26.2. The molecule has 2 heteroatoms. The number of unbranched alkanes of at least 4 members (excludes halogenated alkanes) is 12. The van der Waals surface area contributed by atoms with Crippen LogP contribution < -0.4 is 0 Å². The maximum Gasteiger partial charge on any atom is 0.330 e. The summed E-state index contributed by atoms with van der Waals surface area (Å²) in [5.41, 5.74) is 0. The molecule has 0 aliphatic carbocycles. The van der Waals surface area contributed by atoms with Gasteiger partial charge in [0.25, 0.3) is 0 Å². The average molecular weight is 381 g/mol. The van der Waals surface area contributed by atoms with Crippen molar-refractivity contribution in [1.82, 2.24) is 0 Å². The van der Waals surface area contributed by atoms with E-state index in [2.05, 4.69) is 20.4 Å². The smallest absolute Gasteiger partial charge is 0.330 e. The molecular formula is C25H48O2. The summed E-state index contributed by atoms with van der Waals surface area (Å²) in [6, 6.07) is 0. The zero-order valence-electron chi connectivity index (χ0n) is 18.6. The molecule has 0 spiro atoms. The number of ether oxygens (including phenoxy) is 1. The summed E-state index contributed by atoms with van der Waals surface area (Å²) in [5.74, 6) is 0.532. The summed E-state index contributed by atoms with van der Waals surface area (Å²) in [7, 11) is 0. The van der Waals surface area contributed by atoms with Crippen molar-refractivity contribution in [2.24, 2.45) is 5.92 Å². The minimum absolute atomic E-state index is 0.286. The Morgan fingerprint density at radius 1 is 0.704 bits per heavy atom. The Morgan fingerprint density at radius 2 is 1.11 bits per heavy atom. The van der Waals surface area contributed by atoms with Crippen molar-refractivity contribution in [2.45, 2.75) is 129 Å². The molecule has 0 amide bonds. The van der Waals surface area contributed by atoms with Crippen molar-refractivity contribution < 1.29 is 9.53 Å². The minimum Gasteiger partial charge on any atom is -0.463 e. The van der Waals surface area contributed by atoms with Gasteiger partial charge in [0.05, 0.1) is 6.61 Å². The van der Waals surface area contributed by atoms with Crippen LogP contribution in [0.15, 0.2) is 12.7 Å². The van der Waals surface area contributed by atoms with Gasteiger partial charge in [-0.05, 0) is 18.8 Å². The molecule has 0 atom stereocenters. The van der Waals surface area contributed by atoms with E-state index in [0.29, 0.717) is 6.61 Å². The first-order chi connectivity index (χ1) is 13.2. The second-order valence-corrected chi connectivity index (χ2v) is 8.20. The molecule has 0 saturated heterocycles. The monoisotopic (exact) mass is 380 g/mol. The summed E-state index contributed by atoms with van der Waals surface area (Å²) in [4.78, 5) is 11.2. The molecule has 0 aliphatic heterocycles. The molecule has 0 fully saturated rings. The summed E-state index contributed by atoms with van der Waals surface area (Å²) < 4.78 is 5.15. The lowest BCUT2D eigenvalue weighted by molar-refractivity contribution is -0.137. The molecule has 0 aromatic carbocycles. The van der Waals surface area contributed by atoms with Gasteiger partial charge in [0.15, 0.2) is 0 Å². The van der Waals surface area contributed by atoms with E-state index in [1.165, 1.54) is 115 Å². The third-order valence-corrected chi connectivity index (χ3v) is 5.60. The fourth-order valence-electron chi connectivity index (χ4n) is 3.82. The van der Waals surface area contributed by atoms with Crippen molar-refractivity contribution in [2.75, 3.05) is 6.61 Å². The molecule has 160 valence electrons. The normalized spacial score (nSPS) is 11.1. The van der Waals surface area contributed by atoms with Crippen molar-refractivity contribution in [3.63, 3.8) is 0 Å². The number of hydrogen-bond acceptors (Lipinski definition) is 2. The predicted octanol–water partition coefficient (Wildman–Crippen LogP) is 8.39. The van der Waals surface area contributed by atoms with Gasteiger partial charge in [-0.2, -0.15) is 0 Å². The van der Waals surface area contributed by atoms with E-state index in [1.807, 2.05) is 0 Å².